The highest BCUT2D eigenvalue weighted by molar-refractivity contribution is 5.82. The maximum Gasteiger partial charge on any atom is 0.239 e. The van der Waals surface area contributed by atoms with Crippen molar-refractivity contribution in [3.63, 3.8) is 0 Å². The van der Waals surface area contributed by atoms with Gasteiger partial charge in [0.2, 0.25) is 11.8 Å². The quantitative estimate of drug-likeness (QED) is 0.583. The number of hydrogen-bond acceptors (Lipinski definition) is 5. The molecule has 2 fully saturated rings. The van der Waals surface area contributed by atoms with Crippen LogP contribution in [0.2, 0.25) is 0 Å². The fraction of sp³-hybridized carbons (Fsp3) is 0.773. The third-order valence-electron chi connectivity index (χ3n) is 5.93. The maximum absolute atomic E-state index is 12.7. The SMILES string of the molecule is CCNC(=NCc1ncc(C(C)(C)C)o1)N1CCN(C(C)C(=O)N2CCCC2)CC1. The summed E-state index contributed by atoms with van der Waals surface area (Å²) in [5.41, 5.74) is -0.0566. The van der Waals surface area contributed by atoms with Crippen LogP contribution in [-0.2, 0) is 16.8 Å². The number of carbonyl (C=O) groups is 1. The Bertz CT molecular complexity index is 724. The Morgan fingerprint density at radius 3 is 2.40 bits per heavy atom. The average molecular weight is 419 g/mol. The summed E-state index contributed by atoms with van der Waals surface area (Å²) < 4.78 is 5.87. The highest BCUT2D eigenvalue weighted by atomic mass is 16.4. The molecule has 8 nitrogen and oxygen atoms in total. The Kier molecular flexibility index (Phi) is 7.39. The molecule has 1 aromatic rings. The number of hydrogen-bond donors (Lipinski definition) is 1. The van der Waals surface area contributed by atoms with Gasteiger partial charge in [0.15, 0.2) is 5.96 Å². The van der Waals surface area contributed by atoms with E-state index in [0.29, 0.717) is 12.4 Å². The van der Waals surface area contributed by atoms with Crippen LogP contribution in [0, 0.1) is 0 Å². The Morgan fingerprint density at radius 1 is 1.17 bits per heavy atom. The fourth-order valence-corrected chi connectivity index (χ4v) is 3.98. The summed E-state index contributed by atoms with van der Waals surface area (Å²) in [6.07, 6.45) is 4.07. The van der Waals surface area contributed by atoms with E-state index in [2.05, 4.69) is 47.8 Å². The summed E-state index contributed by atoms with van der Waals surface area (Å²) in [6, 6.07) is -0.0482. The van der Waals surface area contributed by atoms with E-state index >= 15 is 0 Å². The molecule has 3 rings (SSSR count). The van der Waals surface area contributed by atoms with E-state index < -0.39 is 0 Å². The zero-order valence-corrected chi connectivity index (χ0v) is 19.3. The highest BCUT2D eigenvalue weighted by Gasteiger charge is 2.30. The summed E-state index contributed by atoms with van der Waals surface area (Å²) in [5, 5.41) is 3.38. The Balaban J connectivity index is 1.56. The molecule has 1 N–H and O–H groups in total. The summed E-state index contributed by atoms with van der Waals surface area (Å²) >= 11 is 0. The van der Waals surface area contributed by atoms with Crippen molar-refractivity contribution in [1.29, 1.82) is 0 Å². The first-order valence-electron chi connectivity index (χ1n) is 11.3. The molecule has 0 radical (unpaired) electrons. The topological polar surface area (TPSA) is 77.2 Å². The lowest BCUT2D eigenvalue weighted by atomic mass is 9.94. The number of aromatic nitrogens is 1. The van der Waals surface area contributed by atoms with Gasteiger partial charge in [-0.3, -0.25) is 9.69 Å². The Hall–Kier alpha value is -2.09. The molecule has 0 bridgehead atoms. The molecule has 1 amide bonds. The second-order valence-corrected chi connectivity index (χ2v) is 9.27. The molecule has 1 aromatic heterocycles. The molecule has 30 heavy (non-hydrogen) atoms. The molecule has 1 unspecified atom stereocenters. The predicted molar refractivity (Wildman–Crippen MR) is 118 cm³/mol. The monoisotopic (exact) mass is 418 g/mol. The van der Waals surface area contributed by atoms with Gasteiger partial charge in [-0.2, -0.15) is 0 Å². The second-order valence-electron chi connectivity index (χ2n) is 9.27. The molecule has 0 saturated carbocycles. The van der Waals surface area contributed by atoms with Crippen LogP contribution in [0.25, 0.3) is 0 Å². The van der Waals surface area contributed by atoms with E-state index in [4.69, 9.17) is 9.41 Å². The summed E-state index contributed by atoms with van der Waals surface area (Å²) in [4.78, 5) is 28.4. The molecule has 8 heteroatoms. The van der Waals surface area contributed by atoms with Crippen molar-refractivity contribution in [2.45, 2.75) is 65.5 Å². The average Bonchev–Trinajstić information content (AvgIpc) is 3.42. The van der Waals surface area contributed by atoms with Gasteiger partial charge in [0.25, 0.3) is 0 Å². The minimum absolute atomic E-state index is 0.0482. The lowest BCUT2D eigenvalue weighted by Gasteiger charge is -2.39. The minimum Gasteiger partial charge on any atom is -0.443 e. The minimum atomic E-state index is -0.0566. The van der Waals surface area contributed by atoms with E-state index in [0.717, 1.165) is 70.4 Å². The molecule has 2 saturated heterocycles. The number of carbonyl (C=O) groups excluding carboxylic acids is 1. The van der Waals surface area contributed by atoms with E-state index in [1.807, 2.05) is 11.8 Å². The summed E-state index contributed by atoms with van der Waals surface area (Å²) in [6.45, 7) is 16.9. The smallest absolute Gasteiger partial charge is 0.239 e. The van der Waals surface area contributed by atoms with Crippen LogP contribution in [0.1, 0.15) is 59.1 Å². The Labute approximate surface area is 180 Å². The predicted octanol–water partition coefficient (Wildman–Crippen LogP) is 2.07. The second kappa shape index (κ2) is 9.81. The number of oxazole rings is 1. The normalized spacial score (nSPS) is 20.0. The first-order valence-corrected chi connectivity index (χ1v) is 11.3. The zero-order chi connectivity index (χ0) is 21.7. The molecule has 3 heterocycles. The van der Waals surface area contributed by atoms with E-state index in [1.165, 1.54) is 0 Å². The van der Waals surface area contributed by atoms with E-state index in [-0.39, 0.29) is 17.4 Å². The first kappa shape index (κ1) is 22.6. The number of piperazine rings is 1. The van der Waals surface area contributed by atoms with Crippen molar-refractivity contribution in [3.8, 4) is 0 Å². The van der Waals surface area contributed by atoms with Gasteiger partial charge in [-0.1, -0.05) is 20.8 Å². The first-order chi connectivity index (χ1) is 14.3. The van der Waals surface area contributed by atoms with Gasteiger partial charge < -0.3 is 19.5 Å². The standard InChI is InChI=1S/C22H38N6O2/c1-6-23-21(25-16-19-24-15-18(30-19)22(3,4)5)28-13-11-26(12-14-28)17(2)20(29)27-9-7-8-10-27/h15,17H,6-14,16H2,1-5H3,(H,23,25). The number of nitrogens with zero attached hydrogens (tertiary/aromatic N) is 5. The molecule has 1 atom stereocenters. The van der Waals surface area contributed by atoms with Gasteiger partial charge >= 0.3 is 0 Å². The van der Waals surface area contributed by atoms with Gasteiger partial charge in [-0.15, -0.1) is 0 Å². The molecule has 2 aliphatic heterocycles. The summed E-state index contributed by atoms with van der Waals surface area (Å²) in [5.74, 6) is 2.67. The van der Waals surface area contributed by atoms with Gasteiger partial charge in [0.1, 0.15) is 12.3 Å². The van der Waals surface area contributed by atoms with Gasteiger partial charge in [0, 0.05) is 51.2 Å². The Morgan fingerprint density at radius 2 is 1.83 bits per heavy atom. The van der Waals surface area contributed by atoms with Crippen LogP contribution < -0.4 is 5.32 Å². The van der Waals surface area contributed by atoms with Crippen LogP contribution in [0.4, 0.5) is 0 Å². The van der Waals surface area contributed by atoms with Crippen LogP contribution in [0.15, 0.2) is 15.6 Å². The van der Waals surface area contributed by atoms with Gasteiger partial charge in [-0.05, 0) is 26.7 Å². The molecule has 2 aliphatic rings. The lowest BCUT2D eigenvalue weighted by Crippen LogP contribution is -2.57. The molecular weight excluding hydrogens is 380 g/mol. The lowest BCUT2D eigenvalue weighted by molar-refractivity contribution is -0.135. The van der Waals surface area contributed by atoms with Crippen molar-refractivity contribution < 1.29 is 9.21 Å². The van der Waals surface area contributed by atoms with Crippen molar-refractivity contribution in [2.75, 3.05) is 45.8 Å². The number of nitrogens with one attached hydrogen (secondary N) is 1. The third kappa shape index (κ3) is 5.53. The van der Waals surface area contributed by atoms with Crippen molar-refractivity contribution >= 4 is 11.9 Å². The number of amides is 1. The van der Waals surface area contributed by atoms with Crippen molar-refractivity contribution in [3.05, 3.63) is 17.8 Å². The van der Waals surface area contributed by atoms with Crippen LogP contribution >= 0.6 is 0 Å². The van der Waals surface area contributed by atoms with Crippen LogP contribution in [0.3, 0.4) is 0 Å². The molecule has 0 spiro atoms. The molecule has 0 aromatic carbocycles. The number of rotatable bonds is 5. The van der Waals surface area contributed by atoms with Gasteiger partial charge in [-0.25, -0.2) is 9.98 Å². The molecule has 0 aliphatic carbocycles. The number of likely N-dealkylation sites (tertiary alicyclic amines) is 1. The molecular formula is C22H38N6O2. The zero-order valence-electron chi connectivity index (χ0n) is 19.3. The van der Waals surface area contributed by atoms with E-state index in [1.54, 1.807) is 6.20 Å². The highest BCUT2D eigenvalue weighted by Crippen LogP contribution is 2.23. The molecule has 168 valence electrons. The van der Waals surface area contributed by atoms with E-state index in [9.17, 15) is 4.79 Å². The van der Waals surface area contributed by atoms with Gasteiger partial charge in [0.05, 0.1) is 12.2 Å². The summed E-state index contributed by atoms with van der Waals surface area (Å²) in [7, 11) is 0. The third-order valence-corrected chi connectivity index (χ3v) is 5.93. The van der Waals surface area contributed by atoms with Crippen LogP contribution in [-0.4, -0.2) is 83.4 Å². The number of guanidine groups is 1. The maximum atomic E-state index is 12.7. The fourth-order valence-electron chi connectivity index (χ4n) is 3.98. The largest absolute Gasteiger partial charge is 0.443 e. The van der Waals surface area contributed by atoms with Crippen LogP contribution in [0.5, 0.6) is 0 Å². The van der Waals surface area contributed by atoms with Crippen molar-refractivity contribution in [1.82, 2.24) is 25.0 Å². The number of aliphatic imine (C=N–C) groups is 1. The van der Waals surface area contributed by atoms with Crippen molar-refractivity contribution in [2.24, 2.45) is 4.99 Å².